The van der Waals surface area contributed by atoms with Gasteiger partial charge in [-0.25, -0.2) is 0 Å². The first kappa shape index (κ1) is 31.2. The fourth-order valence-electron chi connectivity index (χ4n) is 7.05. The van der Waals surface area contributed by atoms with Gasteiger partial charge in [-0.3, -0.25) is 0 Å². The second-order valence-electron chi connectivity index (χ2n) is 13.4. The first-order valence-corrected chi connectivity index (χ1v) is 17.3. The summed E-state index contributed by atoms with van der Waals surface area (Å²) in [6.45, 7) is 8.72. The Morgan fingerprint density at radius 1 is 0.300 bits per heavy atom. The molecule has 0 spiro atoms. The lowest BCUT2D eigenvalue weighted by molar-refractivity contribution is 1.24. The monoisotopic (exact) mass is 644 g/mol. The van der Waals surface area contributed by atoms with Crippen LogP contribution in [0.2, 0.25) is 0 Å². The number of aryl methyl sites for hydroxylation is 4. The Hall–Kier alpha value is -6.12. The van der Waals surface area contributed by atoms with Gasteiger partial charge in [-0.15, -0.1) is 0 Å². The van der Waals surface area contributed by atoms with Gasteiger partial charge in [0.2, 0.25) is 0 Å². The molecular weight excluding hydrogens is 605 g/mol. The molecule has 0 saturated carbocycles. The summed E-state index contributed by atoms with van der Waals surface area (Å²) in [4.78, 5) is 4.75. The second kappa shape index (κ2) is 13.1. The summed E-state index contributed by atoms with van der Waals surface area (Å²) < 4.78 is 0. The molecule has 0 saturated heterocycles. The molecule has 0 atom stereocenters. The number of hydrogen-bond acceptors (Lipinski definition) is 2. The van der Waals surface area contributed by atoms with Gasteiger partial charge in [0.15, 0.2) is 0 Å². The fourth-order valence-corrected chi connectivity index (χ4v) is 7.05. The first-order valence-electron chi connectivity index (χ1n) is 17.3. The van der Waals surface area contributed by atoms with Crippen LogP contribution in [0.4, 0.5) is 34.1 Å². The van der Waals surface area contributed by atoms with E-state index >= 15 is 0 Å². The van der Waals surface area contributed by atoms with Gasteiger partial charge in [-0.05, 0) is 144 Å². The van der Waals surface area contributed by atoms with Gasteiger partial charge in [-0.1, -0.05) is 108 Å². The molecule has 0 heterocycles. The maximum absolute atomic E-state index is 2.38. The molecule has 0 aliphatic heterocycles. The molecule has 0 aliphatic rings. The molecule has 0 aliphatic carbocycles. The van der Waals surface area contributed by atoms with Crippen LogP contribution >= 0.6 is 0 Å². The SMILES string of the molecule is Cc1ccc(N(c2ccc3ccccc3c2)c2ccc(-c3ccc(N(c4ccc(C)cc4)c4ccc5ccccc5c4)c(C)c3)cc2C)cc1. The maximum Gasteiger partial charge on any atom is 0.0491 e. The van der Waals surface area contributed by atoms with E-state index in [1.54, 1.807) is 0 Å². The molecule has 2 heteroatoms. The van der Waals surface area contributed by atoms with E-state index in [2.05, 4.69) is 207 Å². The Bertz CT molecular complexity index is 2300. The van der Waals surface area contributed by atoms with Crippen molar-refractivity contribution in [1.29, 1.82) is 0 Å². The summed E-state index contributed by atoms with van der Waals surface area (Å²) in [7, 11) is 0. The van der Waals surface area contributed by atoms with E-state index in [9.17, 15) is 0 Å². The van der Waals surface area contributed by atoms with Crippen LogP contribution in [-0.4, -0.2) is 0 Å². The summed E-state index contributed by atoms with van der Waals surface area (Å²) in [5.74, 6) is 0. The largest absolute Gasteiger partial charge is 0.310 e. The van der Waals surface area contributed by atoms with E-state index in [4.69, 9.17) is 0 Å². The summed E-state index contributed by atoms with van der Waals surface area (Å²) in [6.07, 6.45) is 0. The van der Waals surface area contributed by atoms with Crippen LogP contribution in [0.25, 0.3) is 32.7 Å². The van der Waals surface area contributed by atoms with Crippen LogP contribution in [0.3, 0.4) is 0 Å². The second-order valence-corrected chi connectivity index (χ2v) is 13.4. The Morgan fingerprint density at radius 2 is 0.660 bits per heavy atom. The van der Waals surface area contributed by atoms with Crippen LogP contribution in [-0.2, 0) is 0 Å². The van der Waals surface area contributed by atoms with E-state index < -0.39 is 0 Å². The maximum atomic E-state index is 2.38. The van der Waals surface area contributed by atoms with E-state index in [0.29, 0.717) is 0 Å². The van der Waals surface area contributed by atoms with Gasteiger partial charge in [-0.2, -0.15) is 0 Å². The van der Waals surface area contributed by atoms with Gasteiger partial charge >= 0.3 is 0 Å². The molecule has 2 nitrogen and oxygen atoms in total. The normalized spacial score (nSPS) is 11.2. The third-order valence-electron chi connectivity index (χ3n) is 9.78. The van der Waals surface area contributed by atoms with Gasteiger partial charge in [0.05, 0.1) is 0 Å². The topological polar surface area (TPSA) is 6.48 Å². The zero-order valence-corrected chi connectivity index (χ0v) is 29.1. The lowest BCUT2D eigenvalue weighted by Gasteiger charge is -2.28. The molecule has 0 N–H and O–H groups in total. The lowest BCUT2D eigenvalue weighted by Crippen LogP contribution is -2.12. The summed E-state index contributed by atoms with van der Waals surface area (Å²) >= 11 is 0. The number of nitrogens with zero attached hydrogens (tertiary/aromatic N) is 2. The van der Waals surface area contributed by atoms with Crippen molar-refractivity contribution in [2.75, 3.05) is 9.80 Å². The quantitative estimate of drug-likeness (QED) is 0.170. The van der Waals surface area contributed by atoms with Gasteiger partial charge in [0, 0.05) is 34.1 Å². The number of benzene rings is 8. The highest BCUT2D eigenvalue weighted by molar-refractivity contribution is 5.91. The Kier molecular flexibility index (Phi) is 8.14. The number of hydrogen-bond donors (Lipinski definition) is 0. The number of fused-ring (bicyclic) bond motifs is 2. The zero-order valence-electron chi connectivity index (χ0n) is 29.1. The summed E-state index contributed by atoms with van der Waals surface area (Å²) in [6, 6.07) is 62.0. The highest BCUT2D eigenvalue weighted by Crippen LogP contribution is 2.42. The minimum atomic E-state index is 1.15. The van der Waals surface area contributed by atoms with Crippen molar-refractivity contribution < 1.29 is 0 Å². The Balaban J connectivity index is 1.18. The molecule has 0 unspecified atom stereocenters. The van der Waals surface area contributed by atoms with Crippen molar-refractivity contribution in [2.45, 2.75) is 27.7 Å². The van der Waals surface area contributed by atoms with Crippen molar-refractivity contribution in [2.24, 2.45) is 0 Å². The molecule has 50 heavy (non-hydrogen) atoms. The van der Waals surface area contributed by atoms with Gasteiger partial charge in [0.25, 0.3) is 0 Å². The van der Waals surface area contributed by atoms with Crippen molar-refractivity contribution in [3.8, 4) is 11.1 Å². The summed E-state index contributed by atoms with van der Waals surface area (Å²) in [5.41, 5.74) is 14.3. The zero-order chi connectivity index (χ0) is 34.2. The molecule has 0 aromatic heterocycles. The minimum Gasteiger partial charge on any atom is -0.310 e. The van der Waals surface area contributed by atoms with Crippen molar-refractivity contribution >= 4 is 55.7 Å². The molecule has 8 rings (SSSR count). The van der Waals surface area contributed by atoms with Crippen LogP contribution in [0.5, 0.6) is 0 Å². The fraction of sp³-hybridized carbons (Fsp3) is 0.0833. The van der Waals surface area contributed by atoms with Crippen molar-refractivity contribution in [1.82, 2.24) is 0 Å². The molecule has 0 radical (unpaired) electrons. The third kappa shape index (κ3) is 6.01. The van der Waals surface area contributed by atoms with Crippen LogP contribution in [0, 0.1) is 27.7 Å². The standard InChI is InChI=1S/C48H40N2/c1-33-13-21-43(22-14-33)49(45-25-17-37-9-5-7-11-39(37)31-45)47-27-19-41(29-35(47)3)42-20-28-48(36(4)30-42)50(44-23-15-34(2)16-24-44)46-26-18-38-10-6-8-12-40(38)32-46/h5-32H,1-4H3. The highest BCUT2D eigenvalue weighted by atomic mass is 15.1. The molecule has 0 fully saturated rings. The molecule has 0 amide bonds. The molecule has 8 aromatic carbocycles. The van der Waals surface area contributed by atoms with E-state index in [1.807, 2.05) is 0 Å². The average molecular weight is 645 g/mol. The predicted molar refractivity (Wildman–Crippen MR) is 215 cm³/mol. The lowest BCUT2D eigenvalue weighted by atomic mass is 9.98. The molecular formula is C48H40N2. The predicted octanol–water partition coefficient (Wildman–Crippen LogP) is 13.8. The Labute approximate surface area is 295 Å². The smallest absolute Gasteiger partial charge is 0.0491 e. The van der Waals surface area contributed by atoms with Gasteiger partial charge in [0.1, 0.15) is 0 Å². The molecule has 8 aromatic rings. The summed E-state index contributed by atoms with van der Waals surface area (Å²) in [5, 5.41) is 4.95. The highest BCUT2D eigenvalue weighted by Gasteiger charge is 2.18. The first-order chi connectivity index (χ1) is 24.4. The van der Waals surface area contributed by atoms with Crippen LogP contribution in [0.1, 0.15) is 22.3 Å². The van der Waals surface area contributed by atoms with Crippen LogP contribution < -0.4 is 9.80 Å². The van der Waals surface area contributed by atoms with Crippen molar-refractivity contribution in [3.63, 3.8) is 0 Å². The van der Waals surface area contributed by atoms with Crippen LogP contribution in [0.15, 0.2) is 170 Å². The number of rotatable bonds is 7. The average Bonchev–Trinajstić information content (AvgIpc) is 3.14. The number of anilines is 6. The van der Waals surface area contributed by atoms with Crippen molar-refractivity contribution in [3.05, 3.63) is 192 Å². The van der Waals surface area contributed by atoms with E-state index in [1.165, 1.54) is 66.3 Å². The van der Waals surface area contributed by atoms with E-state index in [-0.39, 0.29) is 0 Å². The Morgan fingerprint density at radius 3 is 1.04 bits per heavy atom. The molecule has 0 bridgehead atoms. The minimum absolute atomic E-state index is 1.15. The van der Waals surface area contributed by atoms with E-state index in [0.717, 1.165) is 22.7 Å². The third-order valence-corrected chi connectivity index (χ3v) is 9.78. The van der Waals surface area contributed by atoms with Gasteiger partial charge < -0.3 is 9.80 Å². The molecule has 242 valence electrons.